The average Bonchev–Trinajstić information content (AvgIpc) is 2.31. The molecular formula is C15H28N2O2. The summed E-state index contributed by atoms with van der Waals surface area (Å²) >= 11 is 0. The van der Waals surface area contributed by atoms with Crippen LogP contribution in [0.25, 0.3) is 0 Å². The zero-order chi connectivity index (χ0) is 14.6. The summed E-state index contributed by atoms with van der Waals surface area (Å²) in [6.45, 7) is 9.81. The Labute approximate surface area is 116 Å². The van der Waals surface area contributed by atoms with Gasteiger partial charge in [0.25, 0.3) is 0 Å². The van der Waals surface area contributed by atoms with E-state index in [4.69, 9.17) is 0 Å². The van der Waals surface area contributed by atoms with Gasteiger partial charge in [-0.2, -0.15) is 0 Å². The SMILES string of the molecule is CC(=O)NC(C(=O)NC1CCCC(C)C1C)C(C)C. The molecule has 4 heteroatoms. The van der Waals surface area contributed by atoms with Crippen LogP contribution in [-0.2, 0) is 9.59 Å². The first-order valence-electron chi connectivity index (χ1n) is 7.40. The highest BCUT2D eigenvalue weighted by atomic mass is 16.2. The van der Waals surface area contributed by atoms with Crippen molar-refractivity contribution in [1.82, 2.24) is 10.6 Å². The number of amides is 2. The maximum absolute atomic E-state index is 12.3. The zero-order valence-corrected chi connectivity index (χ0v) is 12.8. The average molecular weight is 268 g/mol. The van der Waals surface area contributed by atoms with Gasteiger partial charge in [0.1, 0.15) is 6.04 Å². The van der Waals surface area contributed by atoms with Gasteiger partial charge in [-0.3, -0.25) is 9.59 Å². The maximum atomic E-state index is 12.3. The monoisotopic (exact) mass is 268 g/mol. The molecule has 110 valence electrons. The van der Waals surface area contributed by atoms with Gasteiger partial charge in [-0.25, -0.2) is 0 Å². The van der Waals surface area contributed by atoms with Gasteiger partial charge in [0, 0.05) is 13.0 Å². The lowest BCUT2D eigenvalue weighted by atomic mass is 9.78. The van der Waals surface area contributed by atoms with Crippen molar-refractivity contribution in [2.45, 2.75) is 66.0 Å². The van der Waals surface area contributed by atoms with Crippen LogP contribution in [0.15, 0.2) is 0 Å². The largest absolute Gasteiger partial charge is 0.351 e. The Hall–Kier alpha value is -1.06. The van der Waals surface area contributed by atoms with Crippen molar-refractivity contribution in [1.29, 1.82) is 0 Å². The van der Waals surface area contributed by atoms with Crippen molar-refractivity contribution in [2.24, 2.45) is 17.8 Å². The molecule has 0 aromatic carbocycles. The van der Waals surface area contributed by atoms with E-state index in [1.54, 1.807) is 0 Å². The molecule has 0 aromatic rings. The van der Waals surface area contributed by atoms with E-state index in [0.29, 0.717) is 11.8 Å². The molecule has 2 N–H and O–H groups in total. The summed E-state index contributed by atoms with van der Waals surface area (Å²) in [5, 5.41) is 5.88. The van der Waals surface area contributed by atoms with E-state index >= 15 is 0 Å². The molecule has 4 atom stereocenters. The smallest absolute Gasteiger partial charge is 0.243 e. The summed E-state index contributed by atoms with van der Waals surface area (Å²) in [4.78, 5) is 23.5. The van der Waals surface area contributed by atoms with Gasteiger partial charge in [-0.1, -0.05) is 40.5 Å². The number of hydrogen-bond donors (Lipinski definition) is 2. The molecule has 0 aliphatic heterocycles. The highest BCUT2D eigenvalue weighted by Gasteiger charge is 2.31. The van der Waals surface area contributed by atoms with E-state index in [1.807, 2.05) is 13.8 Å². The number of hydrogen-bond acceptors (Lipinski definition) is 2. The van der Waals surface area contributed by atoms with Crippen molar-refractivity contribution < 1.29 is 9.59 Å². The molecule has 1 saturated carbocycles. The van der Waals surface area contributed by atoms with Crippen molar-refractivity contribution in [3.63, 3.8) is 0 Å². The minimum atomic E-state index is -0.429. The second-order valence-electron chi connectivity index (χ2n) is 6.30. The topological polar surface area (TPSA) is 58.2 Å². The Morgan fingerprint density at radius 3 is 2.32 bits per heavy atom. The molecule has 0 aromatic heterocycles. The second-order valence-corrected chi connectivity index (χ2v) is 6.30. The fraction of sp³-hybridized carbons (Fsp3) is 0.867. The second kappa shape index (κ2) is 6.92. The van der Waals surface area contributed by atoms with Gasteiger partial charge >= 0.3 is 0 Å². The fourth-order valence-electron chi connectivity index (χ4n) is 2.81. The number of nitrogens with one attached hydrogen (secondary N) is 2. The Balaban J connectivity index is 2.62. The molecule has 19 heavy (non-hydrogen) atoms. The third-order valence-electron chi connectivity index (χ3n) is 4.34. The molecule has 1 fully saturated rings. The van der Waals surface area contributed by atoms with Crippen LogP contribution < -0.4 is 10.6 Å². The minimum Gasteiger partial charge on any atom is -0.351 e. The van der Waals surface area contributed by atoms with Gasteiger partial charge in [0.05, 0.1) is 0 Å². The van der Waals surface area contributed by atoms with Crippen LogP contribution in [0.2, 0.25) is 0 Å². The zero-order valence-electron chi connectivity index (χ0n) is 12.8. The summed E-state index contributed by atoms with van der Waals surface area (Å²) in [5.74, 6) is 1.05. The fourth-order valence-corrected chi connectivity index (χ4v) is 2.81. The van der Waals surface area contributed by atoms with E-state index in [1.165, 1.54) is 19.8 Å². The van der Waals surface area contributed by atoms with E-state index in [-0.39, 0.29) is 23.8 Å². The molecule has 0 bridgehead atoms. The van der Waals surface area contributed by atoms with Crippen LogP contribution in [0.1, 0.15) is 53.9 Å². The van der Waals surface area contributed by atoms with E-state index in [0.717, 1.165) is 6.42 Å². The summed E-state index contributed by atoms with van der Waals surface area (Å²) < 4.78 is 0. The first kappa shape index (κ1) is 16.0. The molecule has 2 amide bonds. The minimum absolute atomic E-state index is 0.0452. The van der Waals surface area contributed by atoms with Crippen molar-refractivity contribution >= 4 is 11.8 Å². The van der Waals surface area contributed by atoms with Gasteiger partial charge in [0.2, 0.25) is 11.8 Å². The lowest BCUT2D eigenvalue weighted by molar-refractivity contribution is -0.130. The number of carbonyl (C=O) groups is 2. The third kappa shape index (κ3) is 4.51. The quantitative estimate of drug-likeness (QED) is 0.820. The Morgan fingerprint density at radius 2 is 1.79 bits per heavy atom. The summed E-state index contributed by atoms with van der Waals surface area (Å²) in [5.41, 5.74) is 0. The first-order chi connectivity index (χ1) is 8.82. The third-order valence-corrected chi connectivity index (χ3v) is 4.34. The highest BCUT2D eigenvalue weighted by molar-refractivity contribution is 5.87. The first-order valence-corrected chi connectivity index (χ1v) is 7.40. The molecule has 0 spiro atoms. The summed E-state index contributed by atoms with van der Waals surface area (Å²) in [6, 6.07) is -0.187. The maximum Gasteiger partial charge on any atom is 0.243 e. The number of rotatable bonds is 4. The molecule has 0 saturated heterocycles. The van der Waals surface area contributed by atoms with E-state index in [9.17, 15) is 9.59 Å². The molecule has 1 rings (SSSR count). The van der Waals surface area contributed by atoms with E-state index < -0.39 is 6.04 Å². The normalized spacial score (nSPS) is 28.8. The van der Waals surface area contributed by atoms with Crippen LogP contribution in [0, 0.1) is 17.8 Å². The van der Waals surface area contributed by atoms with Crippen LogP contribution in [0.5, 0.6) is 0 Å². The highest BCUT2D eigenvalue weighted by Crippen LogP contribution is 2.29. The van der Waals surface area contributed by atoms with Gasteiger partial charge in [-0.15, -0.1) is 0 Å². The Kier molecular flexibility index (Phi) is 5.83. The number of carbonyl (C=O) groups excluding carboxylic acids is 2. The Morgan fingerprint density at radius 1 is 1.16 bits per heavy atom. The van der Waals surface area contributed by atoms with Gasteiger partial charge in [-0.05, 0) is 24.2 Å². The van der Waals surface area contributed by atoms with Crippen LogP contribution >= 0.6 is 0 Å². The van der Waals surface area contributed by atoms with Crippen molar-refractivity contribution in [2.75, 3.05) is 0 Å². The molecule has 1 aliphatic carbocycles. The predicted molar refractivity (Wildman–Crippen MR) is 76.6 cm³/mol. The van der Waals surface area contributed by atoms with Gasteiger partial charge < -0.3 is 10.6 Å². The summed E-state index contributed by atoms with van der Waals surface area (Å²) in [6.07, 6.45) is 3.46. The van der Waals surface area contributed by atoms with Crippen LogP contribution in [0.3, 0.4) is 0 Å². The lowest BCUT2D eigenvalue weighted by Crippen LogP contribution is -2.54. The van der Waals surface area contributed by atoms with Crippen LogP contribution in [-0.4, -0.2) is 23.9 Å². The standard InChI is InChI=1S/C15H28N2O2/c1-9(2)14(16-12(5)18)15(19)17-13-8-6-7-10(3)11(13)4/h9-11,13-14H,6-8H2,1-5H3,(H,16,18)(H,17,19). The molecule has 4 nitrogen and oxygen atoms in total. The van der Waals surface area contributed by atoms with Crippen molar-refractivity contribution in [3.8, 4) is 0 Å². The Bertz CT molecular complexity index is 328. The molecule has 0 radical (unpaired) electrons. The molecule has 0 heterocycles. The predicted octanol–water partition coefficient (Wildman–Crippen LogP) is 2.09. The summed E-state index contributed by atoms with van der Waals surface area (Å²) in [7, 11) is 0. The van der Waals surface area contributed by atoms with E-state index in [2.05, 4.69) is 24.5 Å². The van der Waals surface area contributed by atoms with Crippen molar-refractivity contribution in [3.05, 3.63) is 0 Å². The lowest BCUT2D eigenvalue weighted by Gasteiger charge is -2.35. The molecule has 4 unspecified atom stereocenters. The van der Waals surface area contributed by atoms with Crippen LogP contribution in [0.4, 0.5) is 0 Å². The molecule has 1 aliphatic rings. The molecular weight excluding hydrogens is 240 g/mol. The van der Waals surface area contributed by atoms with Gasteiger partial charge in [0.15, 0.2) is 0 Å².